The minimum atomic E-state index is 0.452. The molecule has 0 spiro atoms. The van der Waals surface area contributed by atoms with E-state index in [1.807, 2.05) is 66.7 Å². The van der Waals surface area contributed by atoms with Gasteiger partial charge in [-0.2, -0.15) is 4.98 Å². The fourth-order valence-corrected chi connectivity index (χ4v) is 4.08. The quantitative estimate of drug-likeness (QED) is 0.353. The van der Waals surface area contributed by atoms with Crippen LogP contribution in [0.2, 0.25) is 0 Å². The molecule has 0 aliphatic carbocycles. The first kappa shape index (κ1) is 18.3. The zero-order valence-electron chi connectivity index (χ0n) is 16.1. The van der Waals surface area contributed by atoms with Crippen LogP contribution >= 0.6 is 11.3 Å². The summed E-state index contributed by atoms with van der Waals surface area (Å²) in [5, 5.41) is 4.94. The number of hydrogen-bond donors (Lipinski definition) is 0. The summed E-state index contributed by atoms with van der Waals surface area (Å²) in [7, 11) is 1.65. The molecule has 2 aromatic carbocycles. The van der Waals surface area contributed by atoms with E-state index in [2.05, 4.69) is 10.1 Å². The summed E-state index contributed by atoms with van der Waals surface area (Å²) in [6, 6.07) is 21.5. The van der Waals surface area contributed by atoms with E-state index in [1.54, 1.807) is 13.4 Å². The highest BCUT2D eigenvalue weighted by Gasteiger charge is 2.22. The molecule has 0 amide bonds. The minimum Gasteiger partial charge on any atom is -0.497 e. The largest absolute Gasteiger partial charge is 0.497 e. The molecule has 6 nitrogen and oxygen atoms in total. The molecule has 5 rings (SSSR count). The maximum absolute atomic E-state index is 5.61. The number of methoxy groups -OCH3 is 1. The van der Waals surface area contributed by atoms with Gasteiger partial charge < -0.3 is 13.7 Å². The highest BCUT2D eigenvalue weighted by molar-refractivity contribution is 7.18. The summed E-state index contributed by atoms with van der Waals surface area (Å²) >= 11 is 1.47. The number of thiazole rings is 1. The Morgan fingerprint density at radius 1 is 0.933 bits per heavy atom. The Kier molecular flexibility index (Phi) is 4.86. The van der Waals surface area contributed by atoms with Gasteiger partial charge in [0.1, 0.15) is 10.6 Å². The lowest BCUT2D eigenvalue weighted by Gasteiger charge is -2.00. The molecule has 0 aliphatic rings. The second-order valence-electron chi connectivity index (χ2n) is 6.58. The number of rotatable bonds is 6. The topological polar surface area (TPSA) is 74.2 Å². The molecule has 0 saturated heterocycles. The van der Waals surface area contributed by atoms with Gasteiger partial charge in [0, 0.05) is 12.0 Å². The molecule has 0 unspecified atom stereocenters. The van der Waals surface area contributed by atoms with Crippen LogP contribution in [0.25, 0.3) is 32.8 Å². The molecule has 0 fully saturated rings. The van der Waals surface area contributed by atoms with Gasteiger partial charge in [0.25, 0.3) is 5.89 Å². The highest BCUT2D eigenvalue weighted by Crippen LogP contribution is 2.40. The van der Waals surface area contributed by atoms with Gasteiger partial charge in [0.15, 0.2) is 16.6 Å². The van der Waals surface area contributed by atoms with Crippen molar-refractivity contribution in [1.82, 2.24) is 15.1 Å². The van der Waals surface area contributed by atoms with Crippen LogP contribution in [-0.2, 0) is 6.42 Å². The predicted octanol–water partition coefficient (Wildman–Crippen LogP) is 5.72. The Balaban J connectivity index is 1.50. The van der Waals surface area contributed by atoms with E-state index in [0.717, 1.165) is 32.5 Å². The van der Waals surface area contributed by atoms with Gasteiger partial charge in [-0.05, 0) is 29.8 Å². The summed E-state index contributed by atoms with van der Waals surface area (Å²) in [5.74, 6) is 2.59. The van der Waals surface area contributed by atoms with Crippen LogP contribution in [0.5, 0.6) is 5.75 Å². The Bertz CT molecular complexity index is 1240. The van der Waals surface area contributed by atoms with Crippen molar-refractivity contribution in [3.8, 4) is 38.5 Å². The Morgan fingerprint density at radius 3 is 2.50 bits per heavy atom. The van der Waals surface area contributed by atoms with Crippen LogP contribution < -0.4 is 4.74 Å². The molecule has 0 N–H and O–H groups in total. The molecule has 148 valence electrons. The van der Waals surface area contributed by atoms with Gasteiger partial charge in [-0.15, -0.1) is 11.3 Å². The number of nitrogens with zero attached hydrogens (tertiary/aromatic N) is 3. The SMILES string of the molecule is COc1ccc(Cc2noc(-c3sc(-c4ccco4)nc3-c3ccccc3)n2)cc1. The fourth-order valence-electron chi connectivity index (χ4n) is 3.11. The summed E-state index contributed by atoms with van der Waals surface area (Å²) < 4.78 is 16.4. The predicted molar refractivity (Wildman–Crippen MR) is 114 cm³/mol. The molecule has 0 saturated carbocycles. The molecule has 3 heterocycles. The van der Waals surface area contributed by atoms with Gasteiger partial charge in [-0.25, -0.2) is 4.98 Å². The second-order valence-corrected chi connectivity index (χ2v) is 7.58. The van der Waals surface area contributed by atoms with E-state index in [1.165, 1.54) is 11.3 Å². The number of ether oxygens (including phenoxy) is 1. The number of hydrogen-bond acceptors (Lipinski definition) is 7. The maximum atomic E-state index is 5.61. The first-order valence-electron chi connectivity index (χ1n) is 9.36. The summed E-state index contributed by atoms with van der Waals surface area (Å²) in [6.45, 7) is 0. The van der Waals surface area contributed by atoms with Crippen LogP contribution in [0, 0.1) is 0 Å². The average molecular weight is 415 g/mol. The first-order valence-corrected chi connectivity index (χ1v) is 10.2. The van der Waals surface area contributed by atoms with Crippen molar-refractivity contribution in [2.24, 2.45) is 0 Å². The number of benzene rings is 2. The minimum absolute atomic E-state index is 0.452. The van der Waals surface area contributed by atoms with E-state index in [9.17, 15) is 0 Å². The highest BCUT2D eigenvalue weighted by atomic mass is 32.1. The molecule has 30 heavy (non-hydrogen) atoms. The van der Waals surface area contributed by atoms with Crippen molar-refractivity contribution in [3.63, 3.8) is 0 Å². The smallest absolute Gasteiger partial charge is 0.270 e. The third-order valence-electron chi connectivity index (χ3n) is 4.59. The molecular formula is C23H17N3O3S. The van der Waals surface area contributed by atoms with E-state index in [-0.39, 0.29) is 0 Å². The molecule has 3 aromatic heterocycles. The van der Waals surface area contributed by atoms with Gasteiger partial charge in [-0.1, -0.05) is 47.6 Å². The third-order valence-corrected chi connectivity index (χ3v) is 5.65. The zero-order chi connectivity index (χ0) is 20.3. The second kappa shape index (κ2) is 7.96. The van der Waals surface area contributed by atoms with Gasteiger partial charge >= 0.3 is 0 Å². The molecule has 0 atom stereocenters. The molecule has 0 radical (unpaired) electrons. The summed E-state index contributed by atoms with van der Waals surface area (Å²) in [5.41, 5.74) is 2.86. The van der Waals surface area contributed by atoms with Crippen molar-refractivity contribution < 1.29 is 13.7 Å². The Hall–Kier alpha value is -3.71. The van der Waals surface area contributed by atoms with E-state index >= 15 is 0 Å². The lowest BCUT2D eigenvalue weighted by atomic mass is 10.1. The van der Waals surface area contributed by atoms with E-state index in [4.69, 9.17) is 18.7 Å². The monoisotopic (exact) mass is 415 g/mol. The normalized spacial score (nSPS) is 11.0. The lowest BCUT2D eigenvalue weighted by molar-refractivity contribution is 0.414. The van der Waals surface area contributed by atoms with Crippen LogP contribution in [0.3, 0.4) is 0 Å². The van der Waals surface area contributed by atoms with Gasteiger partial charge in [0.2, 0.25) is 0 Å². The molecule has 0 bridgehead atoms. The van der Waals surface area contributed by atoms with Crippen molar-refractivity contribution >= 4 is 11.3 Å². The maximum Gasteiger partial charge on any atom is 0.270 e. The van der Waals surface area contributed by atoms with Gasteiger partial charge in [0.05, 0.1) is 19.1 Å². The van der Waals surface area contributed by atoms with Crippen molar-refractivity contribution in [1.29, 1.82) is 0 Å². The molecule has 7 heteroatoms. The van der Waals surface area contributed by atoms with Crippen LogP contribution in [0.1, 0.15) is 11.4 Å². The lowest BCUT2D eigenvalue weighted by Crippen LogP contribution is -1.91. The van der Waals surface area contributed by atoms with Crippen LogP contribution in [-0.4, -0.2) is 22.2 Å². The van der Waals surface area contributed by atoms with Gasteiger partial charge in [-0.3, -0.25) is 0 Å². The van der Waals surface area contributed by atoms with Crippen LogP contribution in [0.4, 0.5) is 0 Å². The standard InChI is InChI=1S/C23H17N3O3S/c1-27-17-11-9-15(10-12-17)14-19-24-22(29-26-19)21-20(16-6-3-2-4-7-16)25-23(30-21)18-8-5-13-28-18/h2-13H,14H2,1H3. The first-order chi connectivity index (χ1) is 14.8. The van der Waals surface area contributed by atoms with Crippen molar-refractivity contribution in [2.45, 2.75) is 6.42 Å². The van der Waals surface area contributed by atoms with E-state index in [0.29, 0.717) is 23.9 Å². The number of furan rings is 1. The average Bonchev–Trinajstić information content (AvgIpc) is 3.55. The Labute approximate surface area is 176 Å². The van der Waals surface area contributed by atoms with Crippen LogP contribution in [0.15, 0.2) is 81.9 Å². The molecule has 0 aliphatic heterocycles. The zero-order valence-corrected chi connectivity index (χ0v) is 16.9. The summed E-state index contributed by atoms with van der Waals surface area (Å²) in [4.78, 5) is 10.2. The van der Waals surface area contributed by atoms with Crippen molar-refractivity contribution in [2.75, 3.05) is 7.11 Å². The number of aromatic nitrogens is 3. The third kappa shape index (κ3) is 3.62. The molecular weight excluding hydrogens is 398 g/mol. The Morgan fingerprint density at radius 2 is 1.77 bits per heavy atom. The van der Waals surface area contributed by atoms with Crippen molar-refractivity contribution in [3.05, 3.63) is 84.4 Å². The van der Waals surface area contributed by atoms with E-state index < -0.39 is 0 Å². The molecule has 5 aromatic rings. The fraction of sp³-hybridized carbons (Fsp3) is 0.0870. The summed E-state index contributed by atoms with van der Waals surface area (Å²) in [6.07, 6.45) is 2.20.